The van der Waals surface area contributed by atoms with Gasteiger partial charge < -0.3 is 4.90 Å². The van der Waals surface area contributed by atoms with Crippen molar-refractivity contribution in [1.82, 2.24) is 0 Å². The normalized spacial score (nSPS) is 10.2. The quantitative estimate of drug-likeness (QED) is 0.773. The van der Waals surface area contributed by atoms with Gasteiger partial charge in [-0.25, -0.2) is 4.39 Å². The first-order valence-corrected chi connectivity index (χ1v) is 5.47. The number of hydrogen-bond acceptors (Lipinski definition) is 1. The molecular formula is C10H13FIN. The number of anilines is 1. The summed E-state index contributed by atoms with van der Waals surface area (Å²) in [6, 6.07) is 4.91. The van der Waals surface area contributed by atoms with Gasteiger partial charge in [-0.2, -0.15) is 0 Å². The molecule has 1 aromatic rings. The van der Waals surface area contributed by atoms with Gasteiger partial charge in [-0.3, -0.25) is 0 Å². The second kappa shape index (κ2) is 4.79. The zero-order valence-electron chi connectivity index (χ0n) is 7.85. The third kappa shape index (κ3) is 2.56. The maximum absolute atomic E-state index is 12.8. The van der Waals surface area contributed by atoms with Gasteiger partial charge in [0.25, 0.3) is 0 Å². The molecular weight excluding hydrogens is 280 g/mol. The Morgan fingerprint density at radius 2 is 1.92 bits per heavy atom. The monoisotopic (exact) mass is 293 g/mol. The van der Waals surface area contributed by atoms with E-state index < -0.39 is 0 Å². The van der Waals surface area contributed by atoms with Crippen molar-refractivity contribution in [3.05, 3.63) is 27.6 Å². The molecule has 0 saturated carbocycles. The largest absolute Gasteiger partial charge is 0.371 e. The molecule has 1 rings (SSSR count). The molecule has 0 unspecified atom stereocenters. The molecule has 0 aliphatic rings. The second-order valence-electron chi connectivity index (χ2n) is 2.77. The summed E-state index contributed by atoms with van der Waals surface area (Å²) in [6.45, 7) is 6.11. The fourth-order valence-electron chi connectivity index (χ4n) is 1.30. The highest BCUT2D eigenvalue weighted by atomic mass is 127. The second-order valence-corrected chi connectivity index (χ2v) is 3.93. The van der Waals surface area contributed by atoms with Crippen LogP contribution in [0.25, 0.3) is 0 Å². The summed E-state index contributed by atoms with van der Waals surface area (Å²) in [5.74, 6) is -0.166. The molecule has 0 bridgehead atoms. The van der Waals surface area contributed by atoms with E-state index in [1.165, 1.54) is 6.07 Å². The highest BCUT2D eigenvalue weighted by Gasteiger charge is 2.06. The Bertz CT molecular complexity index is 284. The van der Waals surface area contributed by atoms with Gasteiger partial charge in [-0.1, -0.05) is 0 Å². The topological polar surface area (TPSA) is 3.24 Å². The fourth-order valence-corrected chi connectivity index (χ4v) is 2.12. The molecule has 0 fully saturated rings. The Morgan fingerprint density at radius 1 is 1.31 bits per heavy atom. The zero-order chi connectivity index (χ0) is 9.84. The Hall–Kier alpha value is -0.320. The van der Waals surface area contributed by atoms with Crippen LogP contribution in [0.1, 0.15) is 13.8 Å². The molecule has 0 radical (unpaired) electrons. The molecule has 13 heavy (non-hydrogen) atoms. The molecule has 1 aromatic carbocycles. The lowest BCUT2D eigenvalue weighted by Crippen LogP contribution is -2.22. The number of nitrogens with zero attached hydrogens (tertiary/aromatic N) is 1. The Balaban J connectivity index is 2.99. The predicted octanol–water partition coefficient (Wildman–Crippen LogP) is 3.28. The van der Waals surface area contributed by atoms with Crippen molar-refractivity contribution in [3.63, 3.8) is 0 Å². The van der Waals surface area contributed by atoms with Gasteiger partial charge in [0.2, 0.25) is 0 Å². The lowest BCUT2D eigenvalue weighted by atomic mass is 10.3. The van der Waals surface area contributed by atoms with E-state index in [4.69, 9.17) is 0 Å². The molecule has 0 aliphatic carbocycles. The van der Waals surface area contributed by atoms with Crippen LogP contribution >= 0.6 is 22.6 Å². The zero-order valence-corrected chi connectivity index (χ0v) is 10.0. The summed E-state index contributed by atoms with van der Waals surface area (Å²) < 4.78 is 13.8. The first kappa shape index (κ1) is 10.8. The number of halogens is 2. The smallest absolute Gasteiger partial charge is 0.124 e. The maximum atomic E-state index is 12.8. The van der Waals surface area contributed by atoms with Crippen molar-refractivity contribution in [3.8, 4) is 0 Å². The van der Waals surface area contributed by atoms with Gasteiger partial charge in [0.05, 0.1) is 5.69 Å². The first-order valence-electron chi connectivity index (χ1n) is 4.39. The highest BCUT2D eigenvalue weighted by molar-refractivity contribution is 14.1. The van der Waals surface area contributed by atoms with Crippen molar-refractivity contribution < 1.29 is 4.39 Å². The SMILES string of the molecule is CCN(CC)c1ccc(F)cc1I. The van der Waals surface area contributed by atoms with Crippen LogP contribution in [-0.2, 0) is 0 Å². The first-order chi connectivity index (χ1) is 6.19. The summed E-state index contributed by atoms with van der Waals surface area (Å²) in [5.41, 5.74) is 1.12. The summed E-state index contributed by atoms with van der Waals surface area (Å²) in [4.78, 5) is 2.21. The van der Waals surface area contributed by atoms with Crippen molar-refractivity contribution in [2.24, 2.45) is 0 Å². The van der Waals surface area contributed by atoms with Crippen LogP contribution in [0, 0.1) is 9.39 Å². The summed E-state index contributed by atoms with van der Waals surface area (Å²) >= 11 is 2.17. The Labute approximate surface area is 92.1 Å². The van der Waals surface area contributed by atoms with Crippen LogP contribution in [-0.4, -0.2) is 13.1 Å². The van der Waals surface area contributed by atoms with Gasteiger partial charge in [-0.05, 0) is 54.6 Å². The molecule has 0 spiro atoms. The number of benzene rings is 1. The van der Waals surface area contributed by atoms with E-state index in [9.17, 15) is 4.39 Å². The molecule has 0 aliphatic heterocycles. The standard InChI is InChI=1S/C10H13FIN/c1-3-13(4-2)10-6-5-8(11)7-9(10)12/h5-7H,3-4H2,1-2H3. The molecule has 0 amide bonds. The average molecular weight is 293 g/mol. The summed E-state index contributed by atoms with van der Waals surface area (Å²) in [7, 11) is 0. The highest BCUT2D eigenvalue weighted by Crippen LogP contribution is 2.22. The minimum Gasteiger partial charge on any atom is -0.371 e. The molecule has 3 heteroatoms. The number of hydrogen-bond donors (Lipinski definition) is 0. The van der Waals surface area contributed by atoms with Gasteiger partial charge in [0.1, 0.15) is 5.82 Å². The van der Waals surface area contributed by atoms with Crippen LogP contribution in [0.2, 0.25) is 0 Å². The lowest BCUT2D eigenvalue weighted by molar-refractivity contribution is 0.626. The van der Waals surface area contributed by atoms with Gasteiger partial charge in [-0.15, -0.1) is 0 Å². The van der Waals surface area contributed by atoms with Crippen molar-refractivity contribution in [2.75, 3.05) is 18.0 Å². The summed E-state index contributed by atoms with van der Waals surface area (Å²) in [6.07, 6.45) is 0. The minimum absolute atomic E-state index is 0.166. The molecule has 1 nitrogen and oxygen atoms in total. The van der Waals surface area contributed by atoms with E-state index in [1.807, 2.05) is 6.07 Å². The van der Waals surface area contributed by atoms with Gasteiger partial charge in [0, 0.05) is 16.7 Å². The molecule has 0 aromatic heterocycles. The van der Waals surface area contributed by atoms with E-state index in [1.54, 1.807) is 6.07 Å². The third-order valence-electron chi connectivity index (χ3n) is 2.01. The molecule has 0 saturated heterocycles. The van der Waals surface area contributed by atoms with Crippen LogP contribution in [0.5, 0.6) is 0 Å². The van der Waals surface area contributed by atoms with E-state index in [0.717, 1.165) is 22.3 Å². The van der Waals surface area contributed by atoms with E-state index in [2.05, 4.69) is 41.3 Å². The maximum Gasteiger partial charge on any atom is 0.124 e. The van der Waals surface area contributed by atoms with Crippen molar-refractivity contribution in [1.29, 1.82) is 0 Å². The molecule has 0 N–H and O–H groups in total. The Kier molecular flexibility index (Phi) is 3.96. The average Bonchev–Trinajstić information content (AvgIpc) is 2.10. The van der Waals surface area contributed by atoms with Gasteiger partial charge in [0.15, 0.2) is 0 Å². The van der Waals surface area contributed by atoms with Crippen LogP contribution in [0.3, 0.4) is 0 Å². The van der Waals surface area contributed by atoms with Crippen molar-refractivity contribution >= 4 is 28.3 Å². The molecule has 0 heterocycles. The van der Waals surface area contributed by atoms with Crippen LogP contribution in [0.15, 0.2) is 18.2 Å². The van der Waals surface area contributed by atoms with Crippen molar-refractivity contribution in [2.45, 2.75) is 13.8 Å². The van der Waals surface area contributed by atoms with E-state index in [0.29, 0.717) is 0 Å². The third-order valence-corrected chi connectivity index (χ3v) is 2.88. The van der Waals surface area contributed by atoms with Gasteiger partial charge >= 0.3 is 0 Å². The Morgan fingerprint density at radius 3 is 2.38 bits per heavy atom. The van der Waals surface area contributed by atoms with Crippen LogP contribution in [0.4, 0.5) is 10.1 Å². The summed E-state index contributed by atoms with van der Waals surface area (Å²) in [5, 5.41) is 0. The van der Waals surface area contributed by atoms with E-state index in [-0.39, 0.29) is 5.82 Å². The number of rotatable bonds is 3. The minimum atomic E-state index is -0.166. The molecule has 0 atom stereocenters. The molecule has 72 valence electrons. The van der Waals surface area contributed by atoms with Crippen LogP contribution < -0.4 is 4.90 Å². The van der Waals surface area contributed by atoms with E-state index >= 15 is 0 Å². The fraction of sp³-hybridized carbons (Fsp3) is 0.400. The lowest BCUT2D eigenvalue weighted by Gasteiger charge is -2.22. The predicted molar refractivity (Wildman–Crippen MR) is 62.7 cm³/mol.